The first-order valence-corrected chi connectivity index (χ1v) is 31.9. The lowest BCUT2D eigenvalue weighted by Crippen LogP contribution is -2.59. The zero-order chi connectivity index (χ0) is 56.4. The van der Waals surface area contributed by atoms with Crippen LogP contribution in [0.25, 0.3) is 0 Å². The van der Waals surface area contributed by atoms with Crippen LogP contribution in [0.5, 0.6) is 0 Å². The van der Waals surface area contributed by atoms with Gasteiger partial charge in [0, 0.05) is 150 Å². The number of hydrogen-bond donors (Lipinski definition) is 4. The summed E-state index contributed by atoms with van der Waals surface area (Å²) in [4.78, 5) is 50.4. The van der Waals surface area contributed by atoms with E-state index < -0.39 is 84.0 Å². The first kappa shape index (κ1) is 72.3. The van der Waals surface area contributed by atoms with Gasteiger partial charge in [0.2, 0.25) is 0 Å². The lowest BCUT2D eigenvalue weighted by molar-refractivity contribution is -0.0185. The van der Waals surface area contributed by atoms with Crippen LogP contribution < -0.4 is 21.3 Å². The van der Waals surface area contributed by atoms with Gasteiger partial charge in [-0.15, -0.1) is 0 Å². The average molecular weight is 1160 g/mol. The second-order valence-corrected chi connectivity index (χ2v) is 28.2. The highest BCUT2D eigenvalue weighted by molar-refractivity contribution is 6.75. The third-order valence-corrected chi connectivity index (χ3v) is 24.8. The van der Waals surface area contributed by atoms with Crippen molar-refractivity contribution in [1.82, 2.24) is 21.3 Å². The number of alkyl carbamates (subject to hydrolysis) is 4. The van der Waals surface area contributed by atoms with Gasteiger partial charge in [-0.2, -0.15) is 0 Å². The molecule has 5 atom stereocenters. The van der Waals surface area contributed by atoms with E-state index >= 15 is 0 Å². The molecule has 0 rings (SSSR count). The molecule has 75 heavy (non-hydrogen) atoms. The number of nitrogens with one attached hydrogen (secondary N) is 4. The number of rotatable bonds is 48. The molecule has 29 nitrogen and oxygen atoms in total. The summed E-state index contributed by atoms with van der Waals surface area (Å²) < 4.78 is 119. The van der Waals surface area contributed by atoms with Crippen LogP contribution in [0, 0.1) is 0 Å². The Labute approximate surface area is 447 Å². The topological polar surface area (TPSA) is 310 Å². The van der Waals surface area contributed by atoms with E-state index in [9.17, 15) is 19.2 Å². The molecule has 0 aliphatic carbocycles. The molecular weight excluding hydrogens is 1070 g/mol. The van der Waals surface area contributed by atoms with Gasteiger partial charge in [0.1, 0.15) is 50.8 Å². The van der Waals surface area contributed by atoms with Gasteiger partial charge >= 0.3 is 59.6 Å². The summed E-state index contributed by atoms with van der Waals surface area (Å²) >= 11 is 0. The zero-order valence-corrected chi connectivity index (χ0v) is 50.7. The number of carbonyl (C=O) groups excluding carboxylic acids is 4. The smallest absolute Gasteiger partial charge is 0.447 e. The van der Waals surface area contributed by atoms with E-state index in [1.54, 1.807) is 0 Å². The zero-order valence-electron chi connectivity index (χ0n) is 46.7. The van der Waals surface area contributed by atoms with E-state index in [1.165, 1.54) is 99.5 Å². The second kappa shape index (κ2) is 43.2. The number of ether oxygens (including phenoxy) is 11. The summed E-state index contributed by atoms with van der Waals surface area (Å²) in [5, 5.41) is 10.8. The van der Waals surface area contributed by atoms with Crippen LogP contribution in [0.15, 0.2) is 0 Å². The number of methoxy groups -OCH3 is 7. The Morgan fingerprint density at radius 3 is 0.787 bits per heavy atom. The summed E-state index contributed by atoms with van der Waals surface area (Å²) in [6.07, 6.45) is -3.57. The first-order chi connectivity index (χ1) is 36.0. The first-order valence-electron chi connectivity index (χ1n) is 24.1. The normalized spacial score (nSPS) is 14.5. The van der Waals surface area contributed by atoms with E-state index in [0.29, 0.717) is 25.3 Å². The van der Waals surface area contributed by atoms with Gasteiger partial charge in [-0.3, -0.25) is 0 Å². The molecule has 33 heteroatoms. The van der Waals surface area contributed by atoms with Crippen molar-refractivity contribution in [2.24, 2.45) is 0 Å². The lowest BCUT2D eigenvalue weighted by atomic mass is 10.4. The van der Waals surface area contributed by atoms with E-state index in [0.717, 1.165) is 0 Å². The quantitative estimate of drug-likeness (QED) is 0.0383. The van der Waals surface area contributed by atoms with E-state index in [2.05, 4.69) is 21.3 Å². The fourth-order valence-corrected chi connectivity index (χ4v) is 19.8. The molecule has 0 fully saturated rings. The van der Waals surface area contributed by atoms with Crippen molar-refractivity contribution in [2.75, 3.05) is 179 Å². The van der Waals surface area contributed by atoms with Crippen LogP contribution >= 0.6 is 0 Å². The standard InChI is InChI=1S/C42H90N4O25Si4/c1-51-27-35(55-5)31-65-39(47)43-19-15-23-72(58-8,59-9)70-73(60-10,61-11)24-16-20-45-42(50)68-34-38(30-54-4)69-75(64-14,26-18-22-46-41(49)67-33-37(57-7)29-53-3)71-74(62-12,63-13)25-17-21-44-40(48)66-32-36(56-6)28-52-2/h35-38H,15-34H2,1-14H3,(H,43,47)(H,44,48)(H,45,50)(H,46,49). The van der Waals surface area contributed by atoms with Crippen LogP contribution in [0.1, 0.15) is 25.7 Å². The maximum Gasteiger partial charge on any atom is 0.493 e. The molecule has 0 spiro atoms. The van der Waals surface area contributed by atoms with Crippen molar-refractivity contribution in [3.63, 3.8) is 0 Å². The molecule has 0 heterocycles. The average Bonchev–Trinajstić information content (AvgIpc) is 3.42. The maximum absolute atomic E-state index is 13.1. The maximum atomic E-state index is 13.1. The molecule has 0 saturated heterocycles. The largest absolute Gasteiger partial charge is 0.493 e. The minimum Gasteiger partial charge on any atom is -0.447 e. The number of carbonyl (C=O) groups is 4. The fourth-order valence-electron chi connectivity index (χ4n) is 6.59. The summed E-state index contributed by atoms with van der Waals surface area (Å²) in [7, 11) is 6.17. The molecule has 0 bridgehead atoms. The Balaban J connectivity index is 5.90. The van der Waals surface area contributed by atoms with Crippen molar-refractivity contribution in [3.05, 3.63) is 0 Å². The van der Waals surface area contributed by atoms with E-state index in [1.807, 2.05) is 0 Å². The predicted octanol–water partition coefficient (Wildman–Crippen LogP) is 1.78. The summed E-state index contributed by atoms with van der Waals surface area (Å²) in [6, 6.07) is 0.884. The highest BCUT2D eigenvalue weighted by Crippen LogP contribution is 2.29. The van der Waals surface area contributed by atoms with Crippen LogP contribution in [-0.4, -0.2) is 263 Å². The Hall–Kier alpha value is -2.73. The molecule has 5 unspecified atom stereocenters. The van der Waals surface area contributed by atoms with Crippen molar-refractivity contribution in [2.45, 2.75) is 74.3 Å². The molecule has 0 aliphatic heterocycles. The highest BCUT2D eigenvalue weighted by atomic mass is 28.5. The molecular formula is C42H90N4O25Si4. The summed E-state index contributed by atoms with van der Waals surface area (Å²) in [6.45, 7) is 1.02. The number of hydrogen-bond acceptors (Lipinski definition) is 25. The summed E-state index contributed by atoms with van der Waals surface area (Å²) in [5.74, 6) is 0. The van der Waals surface area contributed by atoms with Crippen LogP contribution in [0.2, 0.25) is 24.2 Å². The molecule has 0 radical (unpaired) electrons. The van der Waals surface area contributed by atoms with Gasteiger partial charge in [-0.05, 0) is 25.7 Å². The van der Waals surface area contributed by atoms with Crippen molar-refractivity contribution in [3.8, 4) is 0 Å². The molecule has 0 saturated carbocycles. The van der Waals surface area contributed by atoms with Crippen molar-refractivity contribution in [1.29, 1.82) is 0 Å². The fraction of sp³-hybridized carbons (Fsp3) is 0.905. The molecule has 0 aromatic rings. The lowest BCUT2D eigenvalue weighted by Gasteiger charge is -2.38. The third kappa shape index (κ3) is 30.9. The second-order valence-electron chi connectivity index (χ2n) is 16.0. The van der Waals surface area contributed by atoms with Gasteiger partial charge in [0.25, 0.3) is 0 Å². The highest BCUT2D eigenvalue weighted by Gasteiger charge is 2.54. The molecule has 0 aromatic heterocycles. The number of amides is 4. The van der Waals surface area contributed by atoms with E-state index in [-0.39, 0.29) is 104 Å². The molecule has 4 N–H and O–H groups in total. The van der Waals surface area contributed by atoms with Crippen molar-refractivity contribution >= 4 is 59.6 Å². The van der Waals surface area contributed by atoms with Gasteiger partial charge < -0.3 is 117 Å². The van der Waals surface area contributed by atoms with Crippen LogP contribution in [0.4, 0.5) is 19.2 Å². The molecule has 444 valence electrons. The van der Waals surface area contributed by atoms with Crippen LogP contribution in [-0.2, 0) is 95.7 Å². The molecule has 0 aliphatic rings. The van der Waals surface area contributed by atoms with Crippen molar-refractivity contribution < 1.29 is 115 Å². The molecule has 0 aromatic carbocycles. The molecule has 4 amide bonds. The van der Waals surface area contributed by atoms with Gasteiger partial charge in [-0.1, -0.05) is 0 Å². The SMILES string of the molecule is COCC(COC(=O)NCCC[Si](OC)(OC)O[Si](CCCNC(=O)OCC(COC)O[Si](CCCNC(=O)OCC(COC)OC)(OC)O[Si](CCCNC(=O)OCC(COC)OC)(OC)OC)(OC)OC)OC. The van der Waals surface area contributed by atoms with Gasteiger partial charge in [-0.25, -0.2) is 19.2 Å². The van der Waals surface area contributed by atoms with Crippen LogP contribution in [0.3, 0.4) is 0 Å². The Morgan fingerprint density at radius 1 is 0.320 bits per heavy atom. The van der Waals surface area contributed by atoms with Gasteiger partial charge in [0.05, 0.1) is 26.4 Å². The predicted molar refractivity (Wildman–Crippen MR) is 274 cm³/mol. The van der Waals surface area contributed by atoms with Gasteiger partial charge in [0.15, 0.2) is 0 Å². The Kier molecular flexibility index (Phi) is 41.6. The minimum atomic E-state index is -3.91. The van der Waals surface area contributed by atoms with E-state index in [4.69, 9.17) is 95.7 Å². The monoisotopic (exact) mass is 1160 g/mol. The summed E-state index contributed by atoms with van der Waals surface area (Å²) in [5.41, 5.74) is 0. The minimum absolute atomic E-state index is 0.0141. The third-order valence-electron chi connectivity index (χ3n) is 10.9. The Morgan fingerprint density at radius 2 is 0.547 bits per heavy atom. The Bertz CT molecular complexity index is 1480.